The highest BCUT2D eigenvalue weighted by Gasteiger charge is 2.17. The lowest BCUT2D eigenvalue weighted by atomic mass is 10.4. The summed E-state index contributed by atoms with van der Waals surface area (Å²) in [5, 5.41) is 1.12. The number of halogens is 1. The Morgan fingerprint density at radius 2 is 2.15 bits per heavy atom. The van der Waals surface area contributed by atoms with Crippen LogP contribution in [0.3, 0.4) is 0 Å². The van der Waals surface area contributed by atoms with Crippen LogP contribution in [0.4, 0.5) is 5.13 Å². The monoisotopic (exact) mass is 261 g/mol. The topological polar surface area (TPSA) is 42.1 Å². The van der Waals surface area contributed by atoms with Crippen LogP contribution in [0.2, 0.25) is 0 Å². The number of hydrogen-bond donors (Lipinski definition) is 1. The van der Waals surface area contributed by atoms with Crippen molar-refractivity contribution in [1.29, 1.82) is 0 Å². The maximum absolute atomic E-state index is 5.58. The highest BCUT2D eigenvalue weighted by atomic mass is 79.9. The van der Waals surface area contributed by atoms with E-state index in [1.54, 1.807) is 11.3 Å². The summed E-state index contributed by atoms with van der Waals surface area (Å²) < 4.78 is 0.918. The number of thiazole rings is 1. The van der Waals surface area contributed by atoms with Gasteiger partial charge in [0.05, 0.1) is 4.88 Å². The summed E-state index contributed by atoms with van der Waals surface area (Å²) >= 11 is 5.12. The second-order valence-electron chi connectivity index (χ2n) is 3.11. The smallest absolute Gasteiger partial charge is 0.186 e. The Hall–Kier alpha value is -0.130. The molecular weight excluding hydrogens is 250 g/mol. The van der Waals surface area contributed by atoms with E-state index in [1.807, 2.05) is 0 Å². The van der Waals surface area contributed by atoms with E-state index in [2.05, 4.69) is 25.8 Å². The molecule has 1 aromatic rings. The van der Waals surface area contributed by atoms with E-state index in [9.17, 15) is 0 Å². The van der Waals surface area contributed by atoms with Gasteiger partial charge in [0.15, 0.2) is 5.13 Å². The highest BCUT2D eigenvalue weighted by Crippen LogP contribution is 2.31. The van der Waals surface area contributed by atoms with Crippen LogP contribution in [0.1, 0.15) is 17.7 Å². The fraction of sp³-hybridized carbons (Fsp3) is 0.625. The van der Waals surface area contributed by atoms with Crippen molar-refractivity contribution in [3.05, 3.63) is 9.48 Å². The molecule has 0 radical (unpaired) electrons. The molecule has 1 aliphatic rings. The molecule has 0 aliphatic carbocycles. The zero-order valence-electron chi connectivity index (χ0n) is 7.29. The molecular formula is C8H12BrN3S. The number of aromatic nitrogens is 1. The SMILES string of the molecule is NCc1sc(N2CCCC2)nc1Br. The van der Waals surface area contributed by atoms with Crippen LogP contribution in [0.25, 0.3) is 0 Å². The minimum atomic E-state index is 0.575. The standard InChI is InChI=1S/C8H12BrN3S/c9-7-6(5-10)13-8(11-7)12-3-1-2-4-12/h1-5,10H2. The van der Waals surface area contributed by atoms with Gasteiger partial charge in [-0.2, -0.15) is 0 Å². The molecule has 0 amide bonds. The summed E-state index contributed by atoms with van der Waals surface area (Å²) in [6, 6.07) is 0. The van der Waals surface area contributed by atoms with Crippen LogP contribution >= 0.6 is 27.3 Å². The Bertz CT molecular complexity index is 294. The quantitative estimate of drug-likeness (QED) is 0.886. The predicted octanol–water partition coefficient (Wildman–Crippen LogP) is 1.96. The van der Waals surface area contributed by atoms with Crippen molar-refractivity contribution in [3.63, 3.8) is 0 Å². The molecule has 0 spiro atoms. The first-order valence-corrected chi connectivity index (χ1v) is 6.02. The van der Waals surface area contributed by atoms with Gasteiger partial charge in [0.25, 0.3) is 0 Å². The summed E-state index contributed by atoms with van der Waals surface area (Å²) in [6.07, 6.45) is 2.57. The molecule has 0 unspecified atom stereocenters. The van der Waals surface area contributed by atoms with Gasteiger partial charge >= 0.3 is 0 Å². The van der Waals surface area contributed by atoms with Crippen LogP contribution < -0.4 is 10.6 Å². The van der Waals surface area contributed by atoms with Crippen LogP contribution in [0, 0.1) is 0 Å². The lowest BCUT2D eigenvalue weighted by Gasteiger charge is -2.11. The van der Waals surface area contributed by atoms with E-state index in [1.165, 1.54) is 12.8 Å². The Morgan fingerprint density at radius 3 is 2.69 bits per heavy atom. The first-order valence-electron chi connectivity index (χ1n) is 4.41. The Morgan fingerprint density at radius 1 is 1.46 bits per heavy atom. The maximum atomic E-state index is 5.58. The molecule has 0 bridgehead atoms. The number of rotatable bonds is 2. The third-order valence-corrected chi connectivity index (χ3v) is 4.26. The van der Waals surface area contributed by atoms with Gasteiger partial charge in [-0.1, -0.05) is 11.3 Å². The second-order valence-corrected chi connectivity index (χ2v) is 4.92. The minimum absolute atomic E-state index is 0.575. The van der Waals surface area contributed by atoms with Gasteiger partial charge in [0.2, 0.25) is 0 Å². The van der Waals surface area contributed by atoms with Gasteiger partial charge in [0.1, 0.15) is 4.60 Å². The van der Waals surface area contributed by atoms with E-state index in [0.29, 0.717) is 6.54 Å². The number of anilines is 1. The van der Waals surface area contributed by atoms with Gasteiger partial charge in [-0.25, -0.2) is 4.98 Å². The van der Waals surface area contributed by atoms with Gasteiger partial charge in [-0.15, -0.1) is 0 Å². The number of hydrogen-bond acceptors (Lipinski definition) is 4. The first-order chi connectivity index (χ1) is 6.31. The van der Waals surface area contributed by atoms with Crippen LogP contribution in [-0.2, 0) is 6.54 Å². The van der Waals surface area contributed by atoms with Gasteiger partial charge in [-0.05, 0) is 28.8 Å². The average molecular weight is 262 g/mol. The fourth-order valence-corrected chi connectivity index (χ4v) is 3.06. The van der Waals surface area contributed by atoms with E-state index < -0.39 is 0 Å². The van der Waals surface area contributed by atoms with Gasteiger partial charge < -0.3 is 10.6 Å². The Labute approximate surface area is 90.1 Å². The number of nitrogens with two attached hydrogens (primary N) is 1. The molecule has 13 heavy (non-hydrogen) atoms. The molecule has 1 aliphatic heterocycles. The summed E-state index contributed by atoms with van der Waals surface area (Å²) in [6.45, 7) is 2.86. The van der Waals surface area contributed by atoms with Gasteiger partial charge in [0, 0.05) is 19.6 Å². The van der Waals surface area contributed by atoms with Gasteiger partial charge in [-0.3, -0.25) is 0 Å². The molecule has 0 saturated carbocycles. The molecule has 0 aromatic carbocycles. The Balaban J connectivity index is 2.20. The van der Waals surface area contributed by atoms with Crippen molar-refractivity contribution in [2.75, 3.05) is 18.0 Å². The van der Waals surface area contributed by atoms with Crippen LogP contribution in [0.15, 0.2) is 4.60 Å². The lowest BCUT2D eigenvalue weighted by molar-refractivity contribution is 0.949. The van der Waals surface area contributed by atoms with E-state index in [-0.39, 0.29) is 0 Å². The lowest BCUT2D eigenvalue weighted by Crippen LogP contribution is -2.16. The molecule has 0 atom stereocenters. The normalized spacial score (nSPS) is 16.9. The largest absolute Gasteiger partial charge is 0.348 e. The zero-order valence-corrected chi connectivity index (χ0v) is 9.70. The molecule has 5 heteroatoms. The Kier molecular flexibility index (Phi) is 2.86. The first kappa shape index (κ1) is 9.43. The van der Waals surface area contributed by atoms with Crippen molar-refractivity contribution >= 4 is 32.4 Å². The molecule has 2 heterocycles. The number of nitrogens with zero attached hydrogens (tertiary/aromatic N) is 2. The minimum Gasteiger partial charge on any atom is -0.348 e. The molecule has 72 valence electrons. The average Bonchev–Trinajstić information content (AvgIpc) is 2.71. The van der Waals surface area contributed by atoms with Crippen molar-refractivity contribution < 1.29 is 0 Å². The second kappa shape index (κ2) is 3.94. The molecule has 1 saturated heterocycles. The van der Waals surface area contributed by atoms with Crippen molar-refractivity contribution in [3.8, 4) is 0 Å². The zero-order chi connectivity index (χ0) is 9.26. The summed E-state index contributed by atoms with van der Waals surface area (Å²) in [7, 11) is 0. The third kappa shape index (κ3) is 1.87. The summed E-state index contributed by atoms with van der Waals surface area (Å²) in [5.41, 5.74) is 5.58. The van der Waals surface area contributed by atoms with E-state index in [4.69, 9.17) is 5.73 Å². The van der Waals surface area contributed by atoms with Crippen molar-refractivity contribution in [1.82, 2.24) is 4.98 Å². The predicted molar refractivity (Wildman–Crippen MR) is 59.2 cm³/mol. The fourth-order valence-electron chi connectivity index (χ4n) is 1.49. The molecule has 1 fully saturated rings. The van der Waals surface area contributed by atoms with Crippen molar-refractivity contribution in [2.24, 2.45) is 5.73 Å². The molecule has 3 nitrogen and oxygen atoms in total. The van der Waals surface area contributed by atoms with E-state index >= 15 is 0 Å². The highest BCUT2D eigenvalue weighted by molar-refractivity contribution is 9.10. The summed E-state index contributed by atoms with van der Waals surface area (Å²) in [4.78, 5) is 7.91. The molecule has 1 aromatic heterocycles. The van der Waals surface area contributed by atoms with E-state index in [0.717, 1.165) is 27.7 Å². The summed E-state index contributed by atoms with van der Waals surface area (Å²) in [5.74, 6) is 0. The maximum Gasteiger partial charge on any atom is 0.186 e. The molecule has 2 N–H and O–H groups in total. The third-order valence-electron chi connectivity index (χ3n) is 2.20. The van der Waals surface area contributed by atoms with Crippen LogP contribution in [-0.4, -0.2) is 18.1 Å². The van der Waals surface area contributed by atoms with Crippen LogP contribution in [0.5, 0.6) is 0 Å². The van der Waals surface area contributed by atoms with Crippen molar-refractivity contribution in [2.45, 2.75) is 19.4 Å². The molecule has 2 rings (SSSR count).